The van der Waals surface area contributed by atoms with Gasteiger partial charge in [0, 0.05) is 6.54 Å². The molecule has 0 aliphatic carbocycles. The van der Waals surface area contributed by atoms with Crippen LogP contribution in [0.25, 0.3) is 10.9 Å². The molecule has 0 saturated carbocycles. The predicted molar refractivity (Wildman–Crippen MR) is 117 cm³/mol. The van der Waals surface area contributed by atoms with Gasteiger partial charge in [-0.05, 0) is 47.5 Å². The van der Waals surface area contributed by atoms with Gasteiger partial charge in [0.25, 0.3) is 11.5 Å². The van der Waals surface area contributed by atoms with Gasteiger partial charge in [-0.1, -0.05) is 30.3 Å². The highest BCUT2D eigenvalue weighted by molar-refractivity contribution is 5.93. The molecule has 0 bridgehead atoms. The van der Waals surface area contributed by atoms with Crippen molar-refractivity contribution in [2.45, 2.75) is 13.2 Å². The zero-order valence-corrected chi connectivity index (χ0v) is 17.2. The molecular formula is C24H20FN3O4. The third kappa shape index (κ3) is 4.75. The van der Waals surface area contributed by atoms with E-state index in [4.69, 9.17) is 9.47 Å². The Hall–Kier alpha value is -4.20. The summed E-state index contributed by atoms with van der Waals surface area (Å²) in [6.07, 6.45) is 0. The number of amides is 1. The summed E-state index contributed by atoms with van der Waals surface area (Å²) >= 11 is 0. The maximum Gasteiger partial charge on any atom is 0.287 e. The van der Waals surface area contributed by atoms with Crippen LogP contribution in [0.2, 0.25) is 0 Å². The monoisotopic (exact) mass is 433 g/mol. The second-order valence-corrected chi connectivity index (χ2v) is 7.01. The third-order valence-corrected chi connectivity index (χ3v) is 4.81. The van der Waals surface area contributed by atoms with E-state index in [9.17, 15) is 14.0 Å². The van der Waals surface area contributed by atoms with Crippen molar-refractivity contribution in [3.8, 4) is 11.5 Å². The van der Waals surface area contributed by atoms with Gasteiger partial charge in [-0.25, -0.2) is 9.37 Å². The zero-order chi connectivity index (χ0) is 22.5. The minimum atomic E-state index is -0.510. The maximum absolute atomic E-state index is 13.1. The summed E-state index contributed by atoms with van der Waals surface area (Å²) in [7, 11) is 1.57. The first kappa shape index (κ1) is 21.0. The number of carbonyl (C=O) groups is 1. The number of benzene rings is 3. The van der Waals surface area contributed by atoms with Crippen molar-refractivity contribution >= 4 is 16.8 Å². The SMILES string of the molecule is COc1cccc(CNC(=O)c2nc3cccc(OCc4ccc(F)cc4)c3c(=O)[nH]2)c1. The number of fused-ring (bicyclic) bond motifs is 1. The summed E-state index contributed by atoms with van der Waals surface area (Å²) in [5.74, 6) is 0.0633. The summed E-state index contributed by atoms with van der Waals surface area (Å²) in [6.45, 7) is 0.403. The lowest BCUT2D eigenvalue weighted by atomic mass is 10.2. The second kappa shape index (κ2) is 9.30. The molecule has 0 fully saturated rings. The number of rotatable bonds is 7. The van der Waals surface area contributed by atoms with Crippen LogP contribution in [-0.4, -0.2) is 23.0 Å². The number of hydrogen-bond acceptors (Lipinski definition) is 5. The number of aromatic amines is 1. The normalized spacial score (nSPS) is 10.7. The Morgan fingerprint density at radius 1 is 1.06 bits per heavy atom. The fourth-order valence-electron chi connectivity index (χ4n) is 3.18. The van der Waals surface area contributed by atoms with Gasteiger partial charge in [-0.15, -0.1) is 0 Å². The van der Waals surface area contributed by atoms with Gasteiger partial charge in [0.2, 0.25) is 0 Å². The van der Waals surface area contributed by atoms with Crippen LogP contribution in [0.5, 0.6) is 11.5 Å². The van der Waals surface area contributed by atoms with E-state index < -0.39 is 11.5 Å². The topological polar surface area (TPSA) is 93.3 Å². The lowest BCUT2D eigenvalue weighted by Crippen LogP contribution is -2.27. The average Bonchev–Trinajstić information content (AvgIpc) is 2.82. The van der Waals surface area contributed by atoms with Crippen molar-refractivity contribution in [2.75, 3.05) is 7.11 Å². The minimum Gasteiger partial charge on any atom is -0.497 e. The Morgan fingerprint density at radius 2 is 1.84 bits per heavy atom. The maximum atomic E-state index is 13.1. The standard InChI is InChI=1S/C24H20FN3O4/c1-31-18-5-2-4-16(12-18)13-26-24(30)22-27-19-6-3-7-20(21(19)23(29)28-22)32-14-15-8-10-17(25)11-9-15/h2-12H,13-14H2,1H3,(H,26,30)(H,27,28,29). The Bertz CT molecular complexity index is 1320. The number of hydrogen-bond donors (Lipinski definition) is 2. The fourth-order valence-corrected chi connectivity index (χ4v) is 3.18. The zero-order valence-electron chi connectivity index (χ0n) is 17.2. The molecule has 0 aliphatic heterocycles. The van der Waals surface area contributed by atoms with E-state index in [1.807, 2.05) is 24.3 Å². The molecule has 4 aromatic rings. The van der Waals surface area contributed by atoms with Gasteiger partial charge in [-0.2, -0.15) is 0 Å². The molecule has 162 valence electrons. The third-order valence-electron chi connectivity index (χ3n) is 4.81. The van der Waals surface area contributed by atoms with Crippen molar-refractivity contribution in [3.05, 3.63) is 99.9 Å². The summed E-state index contributed by atoms with van der Waals surface area (Å²) in [6, 6.07) is 18.1. The lowest BCUT2D eigenvalue weighted by Gasteiger charge is -2.10. The van der Waals surface area contributed by atoms with Crippen molar-refractivity contribution in [3.63, 3.8) is 0 Å². The van der Waals surface area contributed by atoms with E-state index in [0.29, 0.717) is 17.0 Å². The van der Waals surface area contributed by atoms with Crippen LogP contribution in [-0.2, 0) is 13.2 Å². The van der Waals surface area contributed by atoms with Gasteiger partial charge in [0.05, 0.1) is 12.6 Å². The number of nitrogens with zero attached hydrogens (tertiary/aromatic N) is 1. The predicted octanol–water partition coefficient (Wildman–Crippen LogP) is 3.58. The molecule has 32 heavy (non-hydrogen) atoms. The molecular weight excluding hydrogens is 413 g/mol. The molecule has 1 amide bonds. The summed E-state index contributed by atoms with van der Waals surface area (Å²) < 4.78 is 24.0. The second-order valence-electron chi connectivity index (χ2n) is 7.01. The number of methoxy groups -OCH3 is 1. The fraction of sp³-hybridized carbons (Fsp3) is 0.125. The van der Waals surface area contributed by atoms with Crippen LogP contribution in [0.4, 0.5) is 4.39 Å². The molecule has 0 aliphatic rings. The van der Waals surface area contributed by atoms with E-state index in [-0.39, 0.29) is 30.2 Å². The Morgan fingerprint density at radius 3 is 2.62 bits per heavy atom. The summed E-state index contributed by atoms with van der Waals surface area (Å²) in [5.41, 5.74) is 1.44. The highest BCUT2D eigenvalue weighted by atomic mass is 19.1. The van der Waals surface area contributed by atoms with Crippen LogP contribution in [0, 0.1) is 5.82 Å². The first-order valence-electron chi connectivity index (χ1n) is 9.85. The Balaban J connectivity index is 1.52. The molecule has 0 radical (unpaired) electrons. The molecule has 0 unspecified atom stereocenters. The number of aromatic nitrogens is 2. The highest BCUT2D eigenvalue weighted by Crippen LogP contribution is 2.22. The largest absolute Gasteiger partial charge is 0.497 e. The van der Waals surface area contributed by atoms with Crippen molar-refractivity contribution < 1.29 is 18.7 Å². The molecule has 8 heteroatoms. The van der Waals surface area contributed by atoms with Gasteiger partial charge >= 0.3 is 0 Å². The minimum absolute atomic E-state index is 0.0962. The first-order valence-corrected chi connectivity index (χ1v) is 9.85. The quantitative estimate of drug-likeness (QED) is 0.465. The van der Waals surface area contributed by atoms with E-state index >= 15 is 0 Å². The van der Waals surface area contributed by atoms with Crippen LogP contribution < -0.4 is 20.3 Å². The number of nitrogens with one attached hydrogen (secondary N) is 2. The molecule has 1 heterocycles. The van der Waals surface area contributed by atoms with E-state index in [0.717, 1.165) is 11.1 Å². The van der Waals surface area contributed by atoms with E-state index in [1.54, 1.807) is 37.4 Å². The molecule has 7 nitrogen and oxygen atoms in total. The van der Waals surface area contributed by atoms with Gasteiger partial charge < -0.3 is 19.8 Å². The molecule has 0 spiro atoms. The molecule has 0 saturated heterocycles. The molecule has 3 aromatic carbocycles. The van der Waals surface area contributed by atoms with E-state index in [2.05, 4.69) is 15.3 Å². The number of carbonyl (C=O) groups excluding carboxylic acids is 1. The summed E-state index contributed by atoms with van der Waals surface area (Å²) in [5, 5.41) is 2.97. The molecule has 1 aromatic heterocycles. The van der Waals surface area contributed by atoms with Crippen molar-refractivity contribution in [1.82, 2.24) is 15.3 Å². The van der Waals surface area contributed by atoms with Gasteiger partial charge in [0.1, 0.15) is 29.3 Å². The smallest absolute Gasteiger partial charge is 0.287 e. The lowest BCUT2D eigenvalue weighted by molar-refractivity contribution is 0.0940. The number of halogens is 1. The Labute approximate surface area is 182 Å². The molecule has 2 N–H and O–H groups in total. The van der Waals surface area contributed by atoms with E-state index in [1.165, 1.54) is 12.1 Å². The average molecular weight is 433 g/mol. The van der Waals surface area contributed by atoms with Gasteiger partial charge in [0.15, 0.2) is 5.82 Å². The number of H-pyrrole nitrogens is 1. The molecule has 4 rings (SSSR count). The van der Waals surface area contributed by atoms with Crippen LogP contribution >= 0.6 is 0 Å². The highest BCUT2D eigenvalue weighted by Gasteiger charge is 2.14. The van der Waals surface area contributed by atoms with Gasteiger partial charge in [-0.3, -0.25) is 9.59 Å². The van der Waals surface area contributed by atoms with Crippen molar-refractivity contribution in [2.24, 2.45) is 0 Å². The number of ether oxygens (including phenoxy) is 2. The molecule has 0 atom stereocenters. The summed E-state index contributed by atoms with van der Waals surface area (Å²) in [4.78, 5) is 32.1. The van der Waals surface area contributed by atoms with Crippen LogP contribution in [0.1, 0.15) is 21.7 Å². The van der Waals surface area contributed by atoms with Crippen molar-refractivity contribution in [1.29, 1.82) is 0 Å². The Kier molecular flexibility index (Phi) is 6.12. The first-order chi connectivity index (χ1) is 15.5. The van der Waals surface area contributed by atoms with Crippen LogP contribution in [0.15, 0.2) is 71.5 Å². The van der Waals surface area contributed by atoms with Crippen LogP contribution in [0.3, 0.4) is 0 Å².